The van der Waals surface area contributed by atoms with Crippen molar-refractivity contribution >= 4 is 28.5 Å². The molecule has 0 aliphatic heterocycles. The number of hydrogen-bond acceptors (Lipinski definition) is 6. The number of rotatable bonds is 5. The van der Waals surface area contributed by atoms with Crippen molar-refractivity contribution in [3.63, 3.8) is 0 Å². The van der Waals surface area contributed by atoms with Gasteiger partial charge in [-0.05, 0) is 36.4 Å². The zero-order valence-electron chi connectivity index (χ0n) is 15.8. The number of benzene rings is 3. The molecule has 30 heavy (non-hydrogen) atoms. The number of halogens is 1. The van der Waals surface area contributed by atoms with E-state index >= 15 is 0 Å². The molecule has 0 saturated heterocycles. The lowest BCUT2D eigenvalue weighted by atomic mass is 10.2. The number of carbonyl (C=O) groups excluding carboxylic acids is 1. The molecule has 0 fully saturated rings. The summed E-state index contributed by atoms with van der Waals surface area (Å²) in [6.07, 6.45) is 1.21. The van der Waals surface area contributed by atoms with Crippen LogP contribution in [0, 0.1) is 0 Å². The Bertz CT molecular complexity index is 1290. The Morgan fingerprint density at radius 2 is 1.67 bits per heavy atom. The molecule has 0 saturated carbocycles. The molecular weight excluding hydrogens is 408 g/mol. The highest BCUT2D eigenvalue weighted by atomic mass is 35.5. The number of hydrogen-bond donors (Lipinski definition) is 0. The third kappa shape index (κ3) is 3.86. The zero-order valence-corrected chi connectivity index (χ0v) is 16.5. The van der Waals surface area contributed by atoms with E-state index in [0.29, 0.717) is 11.5 Å². The molecule has 1 aromatic heterocycles. The summed E-state index contributed by atoms with van der Waals surface area (Å²) in [4.78, 5) is 25.1. The first-order chi connectivity index (χ1) is 14.6. The number of para-hydroxylation sites is 2. The molecule has 0 bridgehead atoms. The van der Waals surface area contributed by atoms with Crippen molar-refractivity contribution in [1.29, 1.82) is 0 Å². The lowest BCUT2D eigenvalue weighted by Crippen LogP contribution is -2.09. The van der Waals surface area contributed by atoms with Gasteiger partial charge in [0.1, 0.15) is 17.6 Å². The van der Waals surface area contributed by atoms with E-state index in [-0.39, 0.29) is 38.5 Å². The fraction of sp³-hybridized carbons (Fsp3) is 0.0435. The first-order valence-electron chi connectivity index (χ1n) is 8.90. The van der Waals surface area contributed by atoms with Gasteiger partial charge in [-0.2, -0.15) is 0 Å². The standard InChI is InChI=1S/C23H15ClO6/c1-27-18-8-4-5-9-19(18)30-21-13-28-20-12-14(10-11-16(20)22(21)25)29-23(26)15-6-2-3-7-17(15)24/h2-13H,1H3. The Balaban J connectivity index is 1.62. The average molecular weight is 423 g/mol. The number of ether oxygens (including phenoxy) is 3. The zero-order chi connectivity index (χ0) is 21.1. The highest BCUT2D eigenvalue weighted by Crippen LogP contribution is 2.31. The van der Waals surface area contributed by atoms with Crippen LogP contribution in [0.4, 0.5) is 0 Å². The van der Waals surface area contributed by atoms with Crippen molar-refractivity contribution in [3.05, 3.63) is 93.8 Å². The van der Waals surface area contributed by atoms with Crippen molar-refractivity contribution in [1.82, 2.24) is 0 Å². The minimum atomic E-state index is -0.613. The predicted molar refractivity (Wildman–Crippen MR) is 112 cm³/mol. The Kier molecular flexibility index (Phi) is 5.41. The van der Waals surface area contributed by atoms with Crippen LogP contribution in [0.25, 0.3) is 11.0 Å². The van der Waals surface area contributed by atoms with Crippen LogP contribution >= 0.6 is 11.6 Å². The van der Waals surface area contributed by atoms with Gasteiger partial charge in [0.2, 0.25) is 11.2 Å². The summed E-state index contributed by atoms with van der Waals surface area (Å²) in [6.45, 7) is 0. The van der Waals surface area contributed by atoms with Crippen LogP contribution < -0.4 is 19.6 Å². The molecule has 1 heterocycles. The van der Waals surface area contributed by atoms with Gasteiger partial charge >= 0.3 is 5.97 Å². The Morgan fingerprint density at radius 3 is 2.43 bits per heavy atom. The van der Waals surface area contributed by atoms with E-state index in [1.807, 2.05) is 0 Å². The summed E-state index contributed by atoms with van der Waals surface area (Å²) in [7, 11) is 1.51. The second kappa shape index (κ2) is 8.31. The highest BCUT2D eigenvalue weighted by molar-refractivity contribution is 6.33. The number of fused-ring (bicyclic) bond motifs is 1. The van der Waals surface area contributed by atoms with E-state index in [0.717, 1.165) is 0 Å². The summed E-state index contributed by atoms with van der Waals surface area (Å²) in [5.74, 6) is 0.482. The van der Waals surface area contributed by atoms with Crippen molar-refractivity contribution in [2.45, 2.75) is 0 Å². The van der Waals surface area contributed by atoms with Gasteiger partial charge in [-0.25, -0.2) is 4.79 Å². The topological polar surface area (TPSA) is 75.0 Å². The maximum Gasteiger partial charge on any atom is 0.345 e. The summed E-state index contributed by atoms with van der Waals surface area (Å²) in [5, 5.41) is 0.563. The van der Waals surface area contributed by atoms with Crippen LogP contribution in [-0.4, -0.2) is 13.1 Å². The molecule has 4 rings (SSSR count). The number of esters is 1. The van der Waals surface area contributed by atoms with Gasteiger partial charge in [0.25, 0.3) is 0 Å². The first-order valence-corrected chi connectivity index (χ1v) is 9.28. The number of methoxy groups -OCH3 is 1. The molecule has 0 atom stereocenters. The molecule has 3 aromatic carbocycles. The third-order valence-corrected chi connectivity index (χ3v) is 4.64. The van der Waals surface area contributed by atoms with Crippen molar-refractivity contribution < 1.29 is 23.4 Å². The molecular formula is C23H15ClO6. The third-order valence-electron chi connectivity index (χ3n) is 4.31. The Hall–Kier alpha value is -3.77. The number of carbonyl (C=O) groups is 1. The SMILES string of the molecule is COc1ccccc1Oc1coc2cc(OC(=O)c3ccccc3Cl)ccc2c1=O. The van der Waals surface area contributed by atoms with Gasteiger partial charge in [0, 0.05) is 6.07 Å². The van der Waals surface area contributed by atoms with Gasteiger partial charge in [-0.15, -0.1) is 0 Å². The van der Waals surface area contributed by atoms with E-state index in [1.54, 1.807) is 48.5 Å². The van der Waals surface area contributed by atoms with Crippen LogP contribution in [0.5, 0.6) is 23.0 Å². The van der Waals surface area contributed by atoms with E-state index in [2.05, 4.69) is 0 Å². The fourth-order valence-electron chi connectivity index (χ4n) is 2.84. The quantitative estimate of drug-likeness (QED) is 0.314. The Morgan fingerprint density at radius 1 is 0.933 bits per heavy atom. The second-order valence-corrected chi connectivity index (χ2v) is 6.62. The molecule has 0 unspecified atom stereocenters. The molecule has 150 valence electrons. The van der Waals surface area contributed by atoms with Gasteiger partial charge in [0.15, 0.2) is 11.5 Å². The van der Waals surface area contributed by atoms with Crippen LogP contribution in [0.15, 0.2) is 82.2 Å². The lowest BCUT2D eigenvalue weighted by Gasteiger charge is -2.10. The van der Waals surface area contributed by atoms with Crippen molar-refractivity contribution in [2.24, 2.45) is 0 Å². The minimum Gasteiger partial charge on any atom is -0.493 e. The molecule has 0 radical (unpaired) electrons. The van der Waals surface area contributed by atoms with E-state index < -0.39 is 5.97 Å². The second-order valence-electron chi connectivity index (χ2n) is 6.21. The van der Waals surface area contributed by atoms with Crippen LogP contribution in [0.2, 0.25) is 5.02 Å². The maximum absolute atomic E-state index is 12.8. The summed E-state index contributed by atoms with van der Waals surface area (Å²) in [6, 6.07) is 18.0. The van der Waals surface area contributed by atoms with Gasteiger partial charge < -0.3 is 18.6 Å². The maximum atomic E-state index is 12.8. The molecule has 6 nitrogen and oxygen atoms in total. The lowest BCUT2D eigenvalue weighted by molar-refractivity contribution is 0.0735. The first kappa shape index (κ1) is 19.5. The van der Waals surface area contributed by atoms with Crippen molar-refractivity contribution in [3.8, 4) is 23.0 Å². The summed E-state index contributed by atoms with van der Waals surface area (Å²) >= 11 is 6.02. The molecule has 4 aromatic rings. The molecule has 0 aliphatic carbocycles. The monoisotopic (exact) mass is 422 g/mol. The molecule has 0 spiro atoms. The minimum absolute atomic E-state index is 0.00723. The normalized spacial score (nSPS) is 10.6. The van der Waals surface area contributed by atoms with Crippen LogP contribution in [0.3, 0.4) is 0 Å². The van der Waals surface area contributed by atoms with E-state index in [1.165, 1.54) is 31.6 Å². The van der Waals surface area contributed by atoms with Crippen LogP contribution in [0.1, 0.15) is 10.4 Å². The summed E-state index contributed by atoms with van der Waals surface area (Å²) < 4.78 is 21.8. The summed E-state index contributed by atoms with van der Waals surface area (Å²) in [5.41, 5.74) is 0.115. The van der Waals surface area contributed by atoms with Gasteiger partial charge in [-0.1, -0.05) is 35.9 Å². The smallest absolute Gasteiger partial charge is 0.345 e. The van der Waals surface area contributed by atoms with Gasteiger partial charge in [0.05, 0.1) is 23.1 Å². The molecule has 0 amide bonds. The highest BCUT2D eigenvalue weighted by Gasteiger charge is 2.15. The molecule has 0 aliphatic rings. The van der Waals surface area contributed by atoms with E-state index in [4.69, 9.17) is 30.2 Å². The van der Waals surface area contributed by atoms with E-state index in [9.17, 15) is 9.59 Å². The largest absolute Gasteiger partial charge is 0.493 e. The van der Waals surface area contributed by atoms with Crippen LogP contribution in [-0.2, 0) is 0 Å². The van der Waals surface area contributed by atoms with Gasteiger partial charge in [-0.3, -0.25) is 4.79 Å². The Labute approximate surface area is 176 Å². The fourth-order valence-corrected chi connectivity index (χ4v) is 3.05. The predicted octanol–water partition coefficient (Wildman–Crippen LogP) is 5.47. The van der Waals surface area contributed by atoms with Crippen molar-refractivity contribution in [2.75, 3.05) is 7.11 Å². The molecule has 7 heteroatoms. The molecule has 0 N–H and O–H groups in total. The average Bonchev–Trinajstić information content (AvgIpc) is 2.76.